The molecule has 1 aliphatic heterocycles. The smallest absolute Gasteiger partial charge is 0.251 e. The maximum absolute atomic E-state index is 14.6. The van der Waals surface area contributed by atoms with Crippen LogP contribution in [0.5, 0.6) is 17.2 Å². The van der Waals surface area contributed by atoms with Crippen LogP contribution in [0.3, 0.4) is 0 Å². The van der Waals surface area contributed by atoms with Crippen molar-refractivity contribution in [1.29, 1.82) is 0 Å². The summed E-state index contributed by atoms with van der Waals surface area (Å²) in [6.07, 6.45) is 4.23. The van der Waals surface area contributed by atoms with Crippen molar-refractivity contribution in [2.45, 2.75) is 12.8 Å². The average molecular weight is 424 g/mol. The first-order chi connectivity index (χ1) is 15.1. The van der Waals surface area contributed by atoms with E-state index in [1.807, 2.05) is 18.2 Å². The second-order valence-corrected chi connectivity index (χ2v) is 6.84. The van der Waals surface area contributed by atoms with Gasteiger partial charge >= 0.3 is 0 Å². The molecule has 0 atom stereocenters. The molecule has 2 N–H and O–H groups in total. The zero-order valence-electron chi connectivity index (χ0n) is 17.1. The van der Waals surface area contributed by atoms with Gasteiger partial charge < -0.3 is 24.8 Å². The second-order valence-electron chi connectivity index (χ2n) is 6.84. The molecule has 0 radical (unpaired) electrons. The highest BCUT2D eigenvalue weighted by atomic mass is 19.1. The number of hydrogen-bond donors (Lipinski definition) is 2. The molecule has 0 saturated carbocycles. The molecule has 31 heavy (non-hydrogen) atoms. The number of carbonyl (C=O) groups excluding carboxylic acids is 1. The molecule has 4 rings (SSSR count). The second kappa shape index (κ2) is 8.86. The van der Waals surface area contributed by atoms with E-state index in [1.165, 1.54) is 26.3 Å². The number of methoxy groups -OCH3 is 1. The fourth-order valence-corrected chi connectivity index (χ4v) is 3.19. The molecule has 0 bridgehead atoms. The minimum atomic E-state index is -0.475. The number of aryl methyl sites for hydroxylation is 2. The molecule has 2 aromatic carbocycles. The number of fused-ring (bicyclic) bond motifs is 1. The third-order valence-electron chi connectivity index (χ3n) is 4.84. The predicted octanol–water partition coefficient (Wildman–Crippen LogP) is 3.24. The van der Waals surface area contributed by atoms with Crippen molar-refractivity contribution in [2.75, 3.05) is 26.3 Å². The topological polar surface area (TPSA) is 94.6 Å². The Morgan fingerprint density at radius 3 is 2.65 bits per heavy atom. The molecule has 0 fully saturated rings. The quantitative estimate of drug-likeness (QED) is 0.601. The van der Waals surface area contributed by atoms with Crippen molar-refractivity contribution in [3.63, 3.8) is 0 Å². The van der Waals surface area contributed by atoms with Gasteiger partial charge in [-0.25, -0.2) is 14.4 Å². The summed E-state index contributed by atoms with van der Waals surface area (Å²) in [6.45, 7) is 0.211. The number of anilines is 2. The van der Waals surface area contributed by atoms with Crippen LogP contribution in [0, 0.1) is 5.82 Å². The summed E-state index contributed by atoms with van der Waals surface area (Å²) < 4.78 is 30.3. The minimum Gasteiger partial charge on any atom is -0.494 e. The van der Waals surface area contributed by atoms with E-state index in [-0.39, 0.29) is 18.4 Å². The molecule has 1 amide bonds. The SMILES string of the molecule is CNC(=O)c1cc(CCc2cnc(Nc3ccc4c(c3)OCO4)nc2)c(F)c(OC)c1. The van der Waals surface area contributed by atoms with Crippen LogP contribution >= 0.6 is 0 Å². The third kappa shape index (κ3) is 4.50. The Hall–Kier alpha value is -3.88. The monoisotopic (exact) mass is 424 g/mol. The largest absolute Gasteiger partial charge is 0.494 e. The molecule has 1 aliphatic rings. The summed E-state index contributed by atoms with van der Waals surface area (Å²) in [7, 11) is 2.89. The Bertz CT molecular complexity index is 1110. The van der Waals surface area contributed by atoms with Crippen molar-refractivity contribution in [2.24, 2.45) is 0 Å². The van der Waals surface area contributed by atoms with Crippen molar-refractivity contribution in [3.8, 4) is 17.2 Å². The van der Waals surface area contributed by atoms with E-state index in [1.54, 1.807) is 12.4 Å². The van der Waals surface area contributed by atoms with Gasteiger partial charge in [0.1, 0.15) is 0 Å². The van der Waals surface area contributed by atoms with E-state index >= 15 is 0 Å². The van der Waals surface area contributed by atoms with E-state index in [2.05, 4.69) is 20.6 Å². The Labute approximate surface area is 178 Å². The molecule has 0 saturated heterocycles. The molecule has 1 aromatic heterocycles. The van der Waals surface area contributed by atoms with E-state index in [0.717, 1.165) is 11.3 Å². The van der Waals surface area contributed by atoms with Gasteiger partial charge in [-0.3, -0.25) is 4.79 Å². The zero-order chi connectivity index (χ0) is 21.8. The molecule has 160 valence electrons. The Morgan fingerprint density at radius 2 is 1.90 bits per heavy atom. The van der Waals surface area contributed by atoms with Crippen LogP contribution in [0.2, 0.25) is 0 Å². The maximum atomic E-state index is 14.6. The Morgan fingerprint density at radius 1 is 1.13 bits per heavy atom. The molecule has 0 unspecified atom stereocenters. The number of hydrogen-bond acceptors (Lipinski definition) is 7. The van der Waals surface area contributed by atoms with Crippen LogP contribution in [-0.2, 0) is 12.8 Å². The molecule has 9 heteroatoms. The standard InChI is InChI=1S/C22H21FN4O4/c1-24-21(28)15-7-14(20(23)19(8-15)29-2)4-3-13-10-25-22(26-11-13)27-16-5-6-17-18(9-16)31-12-30-17/h5-11H,3-4,12H2,1-2H3,(H,24,28)(H,25,26,27). The summed E-state index contributed by atoms with van der Waals surface area (Å²) in [6, 6.07) is 8.40. The molecule has 0 aliphatic carbocycles. The maximum Gasteiger partial charge on any atom is 0.251 e. The van der Waals surface area contributed by atoms with Crippen LogP contribution < -0.4 is 24.8 Å². The fraction of sp³-hybridized carbons (Fsp3) is 0.227. The summed E-state index contributed by atoms with van der Waals surface area (Å²) in [5, 5.41) is 5.64. The summed E-state index contributed by atoms with van der Waals surface area (Å²) in [5.41, 5.74) is 2.34. The zero-order valence-corrected chi connectivity index (χ0v) is 17.1. The van der Waals surface area contributed by atoms with Crippen LogP contribution in [-0.4, -0.2) is 36.8 Å². The molecular weight excluding hydrogens is 403 g/mol. The molecule has 3 aromatic rings. The summed E-state index contributed by atoms with van der Waals surface area (Å²) in [5.74, 6) is 1.05. The van der Waals surface area contributed by atoms with Crippen LogP contribution in [0.1, 0.15) is 21.5 Å². The number of carbonyl (C=O) groups is 1. The van der Waals surface area contributed by atoms with Gasteiger partial charge in [-0.1, -0.05) is 0 Å². The number of ether oxygens (including phenoxy) is 3. The number of benzene rings is 2. The summed E-state index contributed by atoms with van der Waals surface area (Å²) >= 11 is 0. The number of amides is 1. The number of nitrogens with one attached hydrogen (secondary N) is 2. The normalized spacial score (nSPS) is 11.8. The van der Waals surface area contributed by atoms with E-state index in [0.29, 0.717) is 41.4 Å². The van der Waals surface area contributed by atoms with Gasteiger partial charge in [-0.2, -0.15) is 0 Å². The number of halogens is 1. The van der Waals surface area contributed by atoms with Gasteiger partial charge in [0.05, 0.1) is 7.11 Å². The average Bonchev–Trinajstić information content (AvgIpc) is 3.26. The van der Waals surface area contributed by atoms with Crippen LogP contribution in [0.4, 0.5) is 16.0 Å². The Balaban J connectivity index is 1.43. The lowest BCUT2D eigenvalue weighted by Crippen LogP contribution is -2.18. The number of rotatable bonds is 7. The molecule has 8 nitrogen and oxygen atoms in total. The first-order valence-electron chi connectivity index (χ1n) is 9.63. The van der Waals surface area contributed by atoms with Gasteiger partial charge in [0, 0.05) is 36.8 Å². The van der Waals surface area contributed by atoms with Crippen molar-refractivity contribution < 1.29 is 23.4 Å². The van der Waals surface area contributed by atoms with Crippen molar-refractivity contribution in [3.05, 3.63) is 65.2 Å². The molecule has 2 heterocycles. The van der Waals surface area contributed by atoms with Gasteiger partial charge in [0.15, 0.2) is 23.1 Å². The van der Waals surface area contributed by atoms with Crippen LogP contribution in [0.25, 0.3) is 0 Å². The fourth-order valence-electron chi connectivity index (χ4n) is 3.19. The molecule has 0 spiro atoms. The molecular formula is C22H21FN4O4. The highest BCUT2D eigenvalue weighted by molar-refractivity contribution is 5.94. The lowest BCUT2D eigenvalue weighted by molar-refractivity contribution is 0.0962. The van der Waals surface area contributed by atoms with Crippen molar-refractivity contribution >= 4 is 17.5 Å². The highest BCUT2D eigenvalue weighted by Crippen LogP contribution is 2.34. The van der Waals surface area contributed by atoms with Gasteiger partial charge in [-0.05, 0) is 48.2 Å². The van der Waals surface area contributed by atoms with Gasteiger partial charge in [-0.15, -0.1) is 0 Å². The lowest BCUT2D eigenvalue weighted by atomic mass is 10.0. The number of aromatic nitrogens is 2. The van der Waals surface area contributed by atoms with Gasteiger partial charge in [0.2, 0.25) is 12.7 Å². The van der Waals surface area contributed by atoms with Crippen LogP contribution in [0.15, 0.2) is 42.7 Å². The highest BCUT2D eigenvalue weighted by Gasteiger charge is 2.16. The van der Waals surface area contributed by atoms with Gasteiger partial charge in [0.25, 0.3) is 5.91 Å². The van der Waals surface area contributed by atoms with E-state index in [4.69, 9.17) is 14.2 Å². The number of nitrogens with zero attached hydrogens (tertiary/aromatic N) is 2. The minimum absolute atomic E-state index is 0.0376. The third-order valence-corrected chi connectivity index (χ3v) is 4.84. The van der Waals surface area contributed by atoms with E-state index < -0.39 is 5.82 Å². The Kier molecular flexibility index (Phi) is 5.83. The lowest BCUT2D eigenvalue weighted by Gasteiger charge is -2.11. The first-order valence-corrected chi connectivity index (χ1v) is 9.63. The predicted molar refractivity (Wildman–Crippen MR) is 112 cm³/mol. The first kappa shape index (κ1) is 20.4. The van der Waals surface area contributed by atoms with E-state index in [9.17, 15) is 9.18 Å². The van der Waals surface area contributed by atoms with Crippen molar-refractivity contribution in [1.82, 2.24) is 15.3 Å². The summed E-state index contributed by atoms with van der Waals surface area (Å²) in [4.78, 5) is 20.6.